The Balaban J connectivity index is 2.27. The number of piperazine rings is 1. The summed E-state index contributed by atoms with van der Waals surface area (Å²) in [5.41, 5.74) is 0. The maximum Gasteiger partial charge on any atom is 0.242 e. The van der Waals surface area contributed by atoms with E-state index in [1.54, 1.807) is 19.1 Å². The second-order valence-electron chi connectivity index (χ2n) is 4.48. The van der Waals surface area contributed by atoms with Crippen LogP contribution in [-0.2, 0) is 14.3 Å². The molecule has 6 nitrogen and oxygen atoms in total. The average molecular weight is 257 g/mol. The number of hydrogen-bond donors (Lipinski definition) is 1. The summed E-state index contributed by atoms with van der Waals surface area (Å²) < 4.78 is 4.90. The molecule has 1 aliphatic heterocycles. The van der Waals surface area contributed by atoms with Crippen LogP contribution in [0.1, 0.15) is 12.8 Å². The van der Waals surface area contributed by atoms with E-state index in [9.17, 15) is 9.59 Å². The molecule has 1 aliphatic rings. The van der Waals surface area contributed by atoms with E-state index in [4.69, 9.17) is 4.74 Å². The number of rotatable bonds is 6. The number of nitrogens with one attached hydrogen (secondary N) is 1. The fourth-order valence-electron chi connectivity index (χ4n) is 1.86. The van der Waals surface area contributed by atoms with Crippen LogP contribution in [0, 0.1) is 0 Å². The Morgan fingerprint density at radius 3 is 2.61 bits per heavy atom. The van der Waals surface area contributed by atoms with Gasteiger partial charge in [0.1, 0.15) is 0 Å². The molecule has 0 unspecified atom stereocenters. The average Bonchev–Trinajstić information content (AvgIpc) is 2.39. The van der Waals surface area contributed by atoms with Gasteiger partial charge in [-0.05, 0) is 6.42 Å². The Bertz CT molecular complexity index is 278. The van der Waals surface area contributed by atoms with E-state index >= 15 is 0 Å². The Labute approximate surface area is 108 Å². The van der Waals surface area contributed by atoms with Gasteiger partial charge in [-0.25, -0.2) is 0 Å². The van der Waals surface area contributed by atoms with Crippen molar-refractivity contribution in [1.29, 1.82) is 0 Å². The summed E-state index contributed by atoms with van der Waals surface area (Å²) in [6.45, 7) is 3.86. The summed E-state index contributed by atoms with van der Waals surface area (Å²) in [5.74, 6) is 0.0228. The van der Waals surface area contributed by atoms with Crippen molar-refractivity contribution in [2.45, 2.75) is 12.8 Å². The van der Waals surface area contributed by atoms with Crippen molar-refractivity contribution < 1.29 is 14.3 Å². The number of carbonyl (C=O) groups is 2. The smallest absolute Gasteiger partial charge is 0.242 e. The standard InChI is InChI=1S/C12H23N3O3/c1-14(11(16)4-3-9-18-2)10-12(17)15-7-5-13-6-8-15/h13H,3-10H2,1-2H3. The van der Waals surface area contributed by atoms with E-state index in [0.717, 1.165) is 26.2 Å². The molecule has 1 saturated heterocycles. The van der Waals surface area contributed by atoms with Gasteiger partial charge in [0.05, 0.1) is 6.54 Å². The molecule has 0 spiro atoms. The lowest BCUT2D eigenvalue weighted by molar-refractivity contribution is -0.139. The lowest BCUT2D eigenvalue weighted by Crippen LogP contribution is -2.49. The number of methoxy groups -OCH3 is 1. The van der Waals surface area contributed by atoms with Crippen molar-refractivity contribution in [3.63, 3.8) is 0 Å². The van der Waals surface area contributed by atoms with Crippen LogP contribution in [0.25, 0.3) is 0 Å². The number of hydrogen-bond acceptors (Lipinski definition) is 4. The maximum atomic E-state index is 11.9. The highest BCUT2D eigenvalue weighted by Crippen LogP contribution is 1.99. The van der Waals surface area contributed by atoms with Gasteiger partial charge in [0, 0.05) is 53.4 Å². The first kappa shape index (κ1) is 14.9. The van der Waals surface area contributed by atoms with E-state index in [1.165, 1.54) is 4.90 Å². The van der Waals surface area contributed by atoms with Gasteiger partial charge in [-0.15, -0.1) is 0 Å². The van der Waals surface area contributed by atoms with Gasteiger partial charge in [-0.2, -0.15) is 0 Å². The normalized spacial score (nSPS) is 15.6. The Kier molecular flexibility index (Phi) is 6.67. The topological polar surface area (TPSA) is 61.9 Å². The third kappa shape index (κ3) is 5.01. The molecular weight excluding hydrogens is 234 g/mol. The molecule has 1 rings (SSSR count). The third-order valence-electron chi connectivity index (χ3n) is 3.01. The van der Waals surface area contributed by atoms with E-state index in [2.05, 4.69) is 5.32 Å². The minimum Gasteiger partial charge on any atom is -0.385 e. The summed E-state index contributed by atoms with van der Waals surface area (Å²) in [6, 6.07) is 0. The molecule has 0 aromatic heterocycles. The zero-order valence-corrected chi connectivity index (χ0v) is 11.3. The van der Waals surface area contributed by atoms with Crippen LogP contribution in [-0.4, -0.2) is 75.1 Å². The van der Waals surface area contributed by atoms with E-state index in [1.807, 2.05) is 0 Å². The summed E-state index contributed by atoms with van der Waals surface area (Å²) in [6.07, 6.45) is 1.13. The van der Waals surface area contributed by atoms with E-state index in [-0.39, 0.29) is 18.4 Å². The second kappa shape index (κ2) is 8.05. The largest absolute Gasteiger partial charge is 0.385 e. The monoisotopic (exact) mass is 257 g/mol. The first-order valence-corrected chi connectivity index (χ1v) is 6.36. The molecule has 2 amide bonds. The zero-order chi connectivity index (χ0) is 13.4. The minimum absolute atomic E-state index is 0.00413. The molecule has 18 heavy (non-hydrogen) atoms. The van der Waals surface area contributed by atoms with Crippen LogP contribution in [0.15, 0.2) is 0 Å². The summed E-state index contributed by atoms with van der Waals surface area (Å²) >= 11 is 0. The lowest BCUT2D eigenvalue weighted by atomic mass is 10.3. The van der Waals surface area contributed by atoms with Crippen LogP contribution in [0.4, 0.5) is 0 Å². The number of nitrogens with zero attached hydrogens (tertiary/aromatic N) is 2. The summed E-state index contributed by atoms with van der Waals surface area (Å²) in [5, 5.41) is 3.19. The van der Waals surface area contributed by atoms with Crippen LogP contribution in [0.2, 0.25) is 0 Å². The number of ether oxygens (including phenoxy) is 1. The molecule has 0 atom stereocenters. The summed E-state index contributed by atoms with van der Waals surface area (Å²) in [7, 11) is 3.29. The van der Waals surface area contributed by atoms with Crippen molar-refractivity contribution in [3.05, 3.63) is 0 Å². The highest BCUT2D eigenvalue weighted by Gasteiger charge is 2.19. The molecule has 104 valence electrons. The van der Waals surface area contributed by atoms with Crippen molar-refractivity contribution in [1.82, 2.24) is 15.1 Å². The SMILES string of the molecule is COCCCC(=O)N(C)CC(=O)N1CCNCC1. The minimum atomic E-state index is -0.00413. The quantitative estimate of drug-likeness (QED) is 0.639. The molecule has 1 fully saturated rings. The molecular formula is C12H23N3O3. The van der Waals surface area contributed by atoms with Gasteiger partial charge >= 0.3 is 0 Å². The zero-order valence-electron chi connectivity index (χ0n) is 11.3. The number of amides is 2. The molecule has 6 heteroatoms. The van der Waals surface area contributed by atoms with Crippen molar-refractivity contribution in [3.8, 4) is 0 Å². The molecule has 0 bridgehead atoms. The molecule has 1 heterocycles. The highest BCUT2D eigenvalue weighted by atomic mass is 16.5. The first-order valence-electron chi connectivity index (χ1n) is 6.36. The number of likely N-dealkylation sites (N-methyl/N-ethyl adjacent to an activating group) is 1. The predicted octanol–water partition coefficient (Wildman–Crippen LogP) is -0.697. The van der Waals surface area contributed by atoms with Crippen LogP contribution in [0.5, 0.6) is 0 Å². The van der Waals surface area contributed by atoms with Crippen LogP contribution < -0.4 is 5.32 Å². The van der Waals surface area contributed by atoms with Crippen LogP contribution >= 0.6 is 0 Å². The molecule has 0 aromatic rings. The van der Waals surface area contributed by atoms with Crippen molar-refractivity contribution in [2.75, 3.05) is 53.5 Å². The van der Waals surface area contributed by atoms with Gasteiger partial charge < -0.3 is 19.9 Å². The molecule has 0 radical (unpaired) electrons. The van der Waals surface area contributed by atoms with Crippen molar-refractivity contribution >= 4 is 11.8 Å². The van der Waals surface area contributed by atoms with Gasteiger partial charge in [0.25, 0.3) is 0 Å². The van der Waals surface area contributed by atoms with Gasteiger partial charge in [0.2, 0.25) is 11.8 Å². The molecule has 1 N–H and O–H groups in total. The fourth-order valence-corrected chi connectivity index (χ4v) is 1.86. The van der Waals surface area contributed by atoms with Gasteiger partial charge in [0.15, 0.2) is 0 Å². The highest BCUT2D eigenvalue weighted by molar-refractivity contribution is 5.84. The first-order chi connectivity index (χ1) is 8.65. The van der Waals surface area contributed by atoms with Gasteiger partial charge in [-0.1, -0.05) is 0 Å². The second-order valence-corrected chi connectivity index (χ2v) is 4.48. The lowest BCUT2D eigenvalue weighted by Gasteiger charge is -2.29. The third-order valence-corrected chi connectivity index (χ3v) is 3.01. The number of carbonyl (C=O) groups excluding carboxylic acids is 2. The van der Waals surface area contributed by atoms with Crippen LogP contribution in [0.3, 0.4) is 0 Å². The van der Waals surface area contributed by atoms with E-state index < -0.39 is 0 Å². The fraction of sp³-hybridized carbons (Fsp3) is 0.833. The molecule has 0 saturated carbocycles. The Morgan fingerprint density at radius 1 is 1.33 bits per heavy atom. The Morgan fingerprint density at radius 2 is 2.00 bits per heavy atom. The summed E-state index contributed by atoms with van der Waals surface area (Å²) in [4.78, 5) is 26.9. The molecule has 0 aromatic carbocycles. The predicted molar refractivity (Wildman–Crippen MR) is 68.2 cm³/mol. The van der Waals surface area contributed by atoms with Crippen molar-refractivity contribution in [2.24, 2.45) is 0 Å². The maximum absolute atomic E-state index is 11.9. The van der Waals surface area contributed by atoms with Gasteiger partial charge in [-0.3, -0.25) is 9.59 Å². The molecule has 0 aliphatic carbocycles. The van der Waals surface area contributed by atoms with E-state index in [0.29, 0.717) is 19.4 Å². The Hall–Kier alpha value is -1.14.